The summed E-state index contributed by atoms with van der Waals surface area (Å²) in [5.74, 6) is 0.547. The molecule has 1 N–H and O–H groups in total. The van der Waals surface area contributed by atoms with Gasteiger partial charge in [-0.05, 0) is 24.6 Å². The van der Waals surface area contributed by atoms with E-state index in [9.17, 15) is 9.59 Å². The zero-order valence-corrected chi connectivity index (χ0v) is 14.6. The molecule has 136 valence electrons. The van der Waals surface area contributed by atoms with E-state index >= 15 is 0 Å². The number of nitrogens with zero attached hydrogens (tertiary/aromatic N) is 2. The van der Waals surface area contributed by atoms with Gasteiger partial charge in [0.05, 0.1) is 18.9 Å². The van der Waals surface area contributed by atoms with Crippen LogP contribution in [-0.4, -0.2) is 69.3 Å². The SMILES string of the molecule is Cc1ccc2c(c1)OCC(=O)N2CCC(=O)NCCN1CCOCC1. The van der Waals surface area contributed by atoms with Gasteiger partial charge in [-0.1, -0.05) is 6.07 Å². The largest absolute Gasteiger partial charge is 0.482 e. The molecular weight excluding hydrogens is 322 g/mol. The van der Waals surface area contributed by atoms with Crippen LogP contribution in [0.4, 0.5) is 5.69 Å². The maximum atomic E-state index is 12.1. The highest BCUT2D eigenvalue weighted by Gasteiger charge is 2.25. The summed E-state index contributed by atoms with van der Waals surface area (Å²) in [6.45, 7) is 7.14. The molecule has 1 saturated heterocycles. The van der Waals surface area contributed by atoms with Gasteiger partial charge in [0.2, 0.25) is 5.91 Å². The normalized spacial score (nSPS) is 17.8. The van der Waals surface area contributed by atoms with Crippen molar-refractivity contribution < 1.29 is 19.1 Å². The molecule has 1 fully saturated rings. The van der Waals surface area contributed by atoms with Crippen LogP contribution in [0.3, 0.4) is 0 Å². The van der Waals surface area contributed by atoms with Crippen molar-refractivity contribution in [1.29, 1.82) is 0 Å². The average Bonchev–Trinajstić information content (AvgIpc) is 2.62. The minimum atomic E-state index is -0.113. The lowest BCUT2D eigenvalue weighted by Crippen LogP contribution is -2.43. The Hall–Kier alpha value is -2.12. The summed E-state index contributed by atoms with van der Waals surface area (Å²) in [6, 6.07) is 5.73. The highest BCUT2D eigenvalue weighted by atomic mass is 16.5. The number of aryl methyl sites for hydroxylation is 1. The zero-order valence-electron chi connectivity index (χ0n) is 14.6. The lowest BCUT2D eigenvalue weighted by molar-refractivity contribution is -0.122. The maximum absolute atomic E-state index is 12.1. The van der Waals surface area contributed by atoms with Crippen LogP contribution < -0.4 is 15.0 Å². The summed E-state index contributed by atoms with van der Waals surface area (Å²) < 4.78 is 10.8. The van der Waals surface area contributed by atoms with E-state index in [1.54, 1.807) is 4.90 Å². The molecule has 3 rings (SSSR count). The Labute approximate surface area is 147 Å². The Bertz CT molecular complexity index is 629. The van der Waals surface area contributed by atoms with Crippen LogP contribution in [0.2, 0.25) is 0 Å². The van der Waals surface area contributed by atoms with E-state index in [0.717, 1.165) is 44.1 Å². The van der Waals surface area contributed by atoms with E-state index in [-0.39, 0.29) is 24.8 Å². The fourth-order valence-electron chi connectivity index (χ4n) is 3.04. The van der Waals surface area contributed by atoms with Crippen molar-refractivity contribution in [3.8, 4) is 5.75 Å². The lowest BCUT2D eigenvalue weighted by atomic mass is 10.1. The molecule has 2 aliphatic heterocycles. The molecule has 2 heterocycles. The van der Waals surface area contributed by atoms with Gasteiger partial charge in [-0.25, -0.2) is 0 Å². The van der Waals surface area contributed by atoms with E-state index < -0.39 is 0 Å². The minimum Gasteiger partial charge on any atom is -0.482 e. The standard InChI is InChI=1S/C18H25N3O4/c1-14-2-3-15-16(12-14)25-13-18(23)21(15)6-4-17(22)19-5-7-20-8-10-24-11-9-20/h2-3,12H,4-11,13H2,1H3,(H,19,22). The maximum Gasteiger partial charge on any atom is 0.265 e. The van der Waals surface area contributed by atoms with E-state index in [0.29, 0.717) is 18.8 Å². The molecule has 2 amide bonds. The quantitative estimate of drug-likeness (QED) is 0.814. The second-order valence-corrected chi connectivity index (χ2v) is 6.36. The Morgan fingerprint density at radius 1 is 1.24 bits per heavy atom. The number of morpholine rings is 1. The molecule has 7 heteroatoms. The second-order valence-electron chi connectivity index (χ2n) is 6.36. The molecule has 25 heavy (non-hydrogen) atoms. The molecule has 1 aromatic carbocycles. The minimum absolute atomic E-state index is 0.0229. The lowest BCUT2D eigenvalue weighted by Gasteiger charge is -2.29. The number of fused-ring (bicyclic) bond motifs is 1. The average molecular weight is 347 g/mol. The Balaban J connectivity index is 1.46. The number of benzene rings is 1. The van der Waals surface area contributed by atoms with E-state index in [2.05, 4.69) is 10.2 Å². The molecule has 0 saturated carbocycles. The van der Waals surface area contributed by atoms with E-state index in [1.807, 2.05) is 25.1 Å². The third-order valence-electron chi connectivity index (χ3n) is 4.47. The van der Waals surface area contributed by atoms with Crippen LogP contribution in [0, 0.1) is 6.92 Å². The number of hydrogen-bond donors (Lipinski definition) is 1. The number of anilines is 1. The van der Waals surface area contributed by atoms with Crippen molar-refractivity contribution in [2.75, 3.05) is 57.4 Å². The molecule has 0 atom stereocenters. The third-order valence-corrected chi connectivity index (χ3v) is 4.47. The van der Waals surface area contributed by atoms with Crippen LogP contribution in [0.25, 0.3) is 0 Å². The second kappa shape index (κ2) is 8.31. The van der Waals surface area contributed by atoms with Gasteiger partial charge < -0.3 is 19.7 Å². The van der Waals surface area contributed by atoms with Crippen LogP contribution in [0.5, 0.6) is 5.75 Å². The molecule has 2 aliphatic rings. The Morgan fingerprint density at radius 2 is 2.04 bits per heavy atom. The molecule has 0 spiro atoms. The third kappa shape index (κ3) is 4.70. The number of rotatable bonds is 6. The molecule has 0 bridgehead atoms. The van der Waals surface area contributed by atoms with Crippen molar-refractivity contribution in [3.63, 3.8) is 0 Å². The fraction of sp³-hybridized carbons (Fsp3) is 0.556. The Kier molecular flexibility index (Phi) is 5.88. The van der Waals surface area contributed by atoms with Crippen LogP contribution in [0.15, 0.2) is 18.2 Å². The van der Waals surface area contributed by atoms with Crippen molar-refractivity contribution >= 4 is 17.5 Å². The number of hydrogen-bond acceptors (Lipinski definition) is 5. The summed E-state index contributed by atoms with van der Waals surface area (Å²) in [5.41, 5.74) is 1.82. The van der Waals surface area contributed by atoms with Crippen molar-refractivity contribution in [3.05, 3.63) is 23.8 Å². The van der Waals surface area contributed by atoms with E-state index in [4.69, 9.17) is 9.47 Å². The molecule has 7 nitrogen and oxygen atoms in total. The van der Waals surface area contributed by atoms with Gasteiger partial charge in [-0.2, -0.15) is 0 Å². The number of carbonyl (C=O) groups excluding carboxylic acids is 2. The van der Waals surface area contributed by atoms with Crippen LogP contribution in [0.1, 0.15) is 12.0 Å². The summed E-state index contributed by atoms with van der Waals surface area (Å²) in [4.78, 5) is 28.1. The molecular formula is C18H25N3O4. The first-order valence-corrected chi connectivity index (χ1v) is 8.74. The monoisotopic (exact) mass is 347 g/mol. The molecule has 1 aromatic rings. The zero-order chi connectivity index (χ0) is 17.6. The van der Waals surface area contributed by atoms with Gasteiger partial charge >= 0.3 is 0 Å². The van der Waals surface area contributed by atoms with Gasteiger partial charge in [0.25, 0.3) is 5.91 Å². The molecule has 0 unspecified atom stereocenters. The molecule has 0 radical (unpaired) electrons. The fourth-order valence-corrected chi connectivity index (χ4v) is 3.04. The van der Waals surface area contributed by atoms with Crippen LogP contribution >= 0.6 is 0 Å². The summed E-state index contributed by atoms with van der Waals surface area (Å²) >= 11 is 0. The highest BCUT2D eigenvalue weighted by molar-refractivity contribution is 5.98. The van der Waals surface area contributed by atoms with Crippen molar-refractivity contribution in [2.45, 2.75) is 13.3 Å². The Morgan fingerprint density at radius 3 is 2.84 bits per heavy atom. The van der Waals surface area contributed by atoms with Crippen LogP contribution in [-0.2, 0) is 14.3 Å². The number of carbonyl (C=O) groups is 2. The first-order valence-electron chi connectivity index (χ1n) is 8.74. The topological polar surface area (TPSA) is 71.1 Å². The first kappa shape index (κ1) is 17.7. The summed E-state index contributed by atoms with van der Waals surface area (Å²) in [6.07, 6.45) is 0.280. The van der Waals surface area contributed by atoms with Gasteiger partial charge in [-0.15, -0.1) is 0 Å². The van der Waals surface area contributed by atoms with E-state index in [1.165, 1.54) is 0 Å². The van der Waals surface area contributed by atoms with Gasteiger partial charge in [0.15, 0.2) is 6.61 Å². The number of amides is 2. The summed E-state index contributed by atoms with van der Waals surface area (Å²) in [7, 11) is 0. The van der Waals surface area contributed by atoms with Gasteiger partial charge in [0, 0.05) is 39.1 Å². The number of ether oxygens (including phenoxy) is 2. The van der Waals surface area contributed by atoms with Gasteiger partial charge in [0.1, 0.15) is 5.75 Å². The highest BCUT2D eigenvalue weighted by Crippen LogP contribution is 2.32. The summed E-state index contributed by atoms with van der Waals surface area (Å²) in [5, 5.41) is 2.93. The van der Waals surface area contributed by atoms with Gasteiger partial charge in [-0.3, -0.25) is 14.5 Å². The smallest absolute Gasteiger partial charge is 0.265 e. The number of nitrogens with one attached hydrogen (secondary N) is 1. The van der Waals surface area contributed by atoms with Crippen molar-refractivity contribution in [1.82, 2.24) is 10.2 Å². The molecule has 0 aromatic heterocycles. The predicted molar refractivity (Wildman–Crippen MR) is 93.9 cm³/mol. The van der Waals surface area contributed by atoms with Crippen molar-refractivity contribution in [2.24, 2.45) is 0 Å². The first-order chi connectivity index (χ1) is 12.1. The predicted octanol–water partition coefficient (Wildman–Crippen LogP) is 0.559. The molecule has 0 aliphatic carbocycles.